The van der Waals surface area contributed by atoms with Gasteiger partial charge in [-0.2, -0.15) is 13.2 Å². The third-order valence-corrected chi connectivity index (χ3v) is 2.94. The SMILES string of the molecule is CC(CN)C(=O)NC(C)c1ccc(OCC(F)(F)F)cc1.Cl. The molecule has 4 nitrogen and oxygen atoms in total. The number of benzene rings is 1. The first kappa shape index (κ1) is 20.5. The maximum Gasteiger partial charge on any atom is 0.422 e. The summed E-state index contributed by atoms with van der Waals surface area (Å²) in [5.74, 6) is -0.325. The van der Waals surface area contributed by atoms with Gasteiger partial charge in [-0.05, 0) is 24.6 Å². The molecule has 1 aromatic rings. The lowest BCUT2D eigenvalue weighted by atomic mass is 10.1. The van der Waals surface area contributed by atoms with Gasteiger partial charge < -0.3 is 15.8 Å². The van der Waals surface area contributed by atoms with Crippen LogP contribution >= 0.6 is 12.4 Å². The third kappa shape index (κ3) is 7.00. The Hall–Kier alpha value is -1.47. The number of ether oxygens (including phenoxy) is 1. The second kappa shape index (κ2) is 8.85. The normalized spacial score (nSPS) is 13.7. The predicted molar refractivity (Wildman–Crippen MR) is 80.0 cm³/mol. The average Bonchev–Trinajstić information content (AvgIpc) is 2.43. The van der Waals surface area contributed by atoms with Crippen molar-refractivity contribution >= 4 is 18.3 Å². The molecule has 2 atom stereocenters. The van der Waals surface area contributed by atoms with Crippen LogP contribution < -0.4 is 15.8 Å². The van der Waals surface area contributed by atoms with Gasteiger partial charge >= 0.3 is 6.18 Å². The molecule has 0 aliphatic carbocycles. The lowest BCUT2D eigenvalue weighted by molar-refractivity contribution is -0.153. The molecule has 0 aliphatic heterocycles. The molecule has 22 heavy (non-hydrogen) atoms. The van der Waals surface area contributed by atoms with Crippen molar-refractivity contribution < 1.29 is 22.7 Å². The van der Waals surface area contributed by atoms with Gasteiger partial charge in [0.05, 0.1) is 6.04 Å². The number of alkyl halides is 3. The molecule has 126 valence electrons. The molecule has 0 saturated carbocycles. The number of halogens is 4. The Kier molecular flexibility index (Phi) is 8.26. The van der Waals surface area contributed by atoms with Gasteiger partial charge in [0.1, 0.15) is 5.75 Å². The van der Waals surface area contributed by atoms with E-state index in [-0.39, 0.29) is 42.6 Å². The van der Waals surface area contributed by atoms with Gasteiger partial charge in [0.2, 0.25) is 5.91 Å². The molecule has 0 radical (unpaired) electrons. The first-order chi connectivity index (χ1) is 9.73. The number of nitrogens with two attached hydrogens (primary N) is 1. The maximum absolute atomic E-state index is 12.0. The summed E-state index contributed by atoms with van der Waals surface area (Å²) in [5.41, 5.74) is 6.18. The van der Waals surface area contributed by atoms with Crippen LogP contribution in [0.15, 0.2) is 24.3 Å². The molecule has 1 amide bonds. The van der Waals surface area contributed by atoms with Crippen LogP contribution in [0, 0.1) is 5.92 Å². The number of hydrogen-bond donors (Lipinski definition) is 2. The van der Waals surface area contributed by atoms with Gasteiger partial charge in [-0.25, -0.2) is 0 Å². The van der Waals surface area contributed by atoms with Crippen molar-refractivity contribution in [3.63, 3.8) is 0 Å². The van der Waals surface area contributed by atoms with E-state index in [1.807, 2.05) is 0 Å². The number of carbonyl (C=O) groups is 1. The van der Waals surface area contributed by atoms with Crippen LogP contribution in [0.5, 0.6) is 5.75 Å². The minimum Gasteiger partial charge on any atom is -0.484 e. The first-order valence-electron chi connectivity index (χ1n) is 6.53. The van der Waals surface area contributed by atoms with Crippen LogP contribution in [-0.4, -0.2) is 25.2 Å². The van der Waals surface area contributed by atoms with Crippen molar-refractivity contribution in [2.45, 2.75) is 26.1 Å². The largest absolute Gasteiger partial charge is 0.484 e. The fourth-order valence-corrected chi connectivity index (χ4v) is 1.56. The molecule has 8 heteroatoms. The van der Waals surface area contributed by atoms with E-state index in [1.54, 1.807) is 26.0 Å². The van der Waals surface area contributed by atoms with E-state index in [4.69, 9.17) is 5.73 Å². The van der Waals surface area contributed by atoms with Gasteiger partial charge in [-0.1, -0.05) is 19.1 Å². The highest BCUT2D eigenvalue weighted by atomic mass is 35.5. The number of nitrogens with one attached hydrogen (secondary N) is 1. The van der Waals surface area contributed by atoms with Gasteiger partial charge in [-0.15, -0.1) is 12.4 Å². The first-order valence-corrected chi connectivity index (χ1v) is 6.53. The predicted octanol–water partition coefficient (Wildman–Crippen LogP) is 2.82. The Morgan fingerprint density at radius 3 is 2.27 bits per heavy atom. The third-order valence-electron chi connectivity index (χ3n) is 2.94. The molecule has 0 saturated heterocycles. The highest BCUT2D eigenvalue weighted by Gasteiger charge is 2.28. The molecule has 2 unspecified atom stereocenters. The van der Waals surface area contributed by atoms with E-state index in [2.05, 4.69) is 10.1 Å². The zero-order valence-corrected chi connectivity index (χ0v) is 13.1. The van der Waals surface area contributed by atoms with E-state index in [1.165, 1.54) is 12.1 Å². The second-order valence-corrected chi connectivity index (χ2v) is 4.84. The highest BCUT2D eigenvalue weighted by Crippen LogP contribution is 2.21. The van der Waals surface area contributed by atoms with Crippen LogP contribution in [0.2, 0.25) is 0 Å². The van der Waals surface area contributed by atoms with Crippen LogP contribution in [0.3, 0.4) is 0 Å². The molecule has 0 fully saturated rings. The molecular weight excluding hydrogens is 321 g/mol. The van der Waals surface area contributed by atoms with Gasteiger partial charge in [0.15, 0.2) is 6.61 Å². The molecule has 0 aliphatic rings. The Morgan fingerprint density at radius 2 is 1.82 bits per heavy atom. The van der Waals surface area contributed by atoms with Crippen molar-refractivity contribution in [2.24, 2.45) is 11.7 Å². The number of amides is 1. The molecule has 0 spiro atoms. The highest BCUT2D eigenvalue weighted by molar-refractivity contribution is 5.85. The topological polar surface area (TPSA) is 64.4 Å². The molecule has 3 N–H and O–H groups in total. The van der Waals surface area contributed by atoms with Gasteiger partial charge in [-0.3, -0.25) is 4.79 Å². The molecule has 0 bridgehead atoms. The van der Waals surface area contributed by atoms with Crippen molar-refractivity contribution in [3.8, 4) is 5.75 Å². The molecular formula is C14H20ClF3N2O2. The summed E-state index contributed by atoms with van der Waals surface area (Å²) in [6, 6.07) is 5.85. The quantitative estimate of drug-likeness (QED) is 0.837. The summed E-state index contributed by atoms with van der Waals surface area (Å²) in [7, 11) is 0. The average molecular weight is 341 g/mol. The summed E-state index contributed by atoms with van der Waals surface area (Å²) < 4.78 is 40.7. The van der Waals surface area contributed by atoms with E-state index in [0.717, 1.165) is 5.56 Å². The maximum atomic E-state index is 12.0. The number of hydrogen-bond acceptors (Lipinski definition) is 3. The summed E-state index contributed by atoms with van der Waals surface area (Å²) in [5, 5.41) is 2.78. The van der Waals surface area contributed by atoms with Crippen molar-refractivity contribution in [1.29, 1.82) is 0 Å². The van der Waals surface area contributed by atoms with Crippen molar-refractivity contribution in [1.82, 2.24) is 5.32 Å². The van der Waals surface area contributed by atoms with E-state index >= 15 is 0 Å². The van der Waals surface area contributed by atoms with Crippen molar-refractivity contribution in [2.75, 3.05) is 13.2 Å². The lowest BCUT2D eigenvalue weighted by Crippen LogP contribution is -2.34. The second-order valence-electron chi connectivity index (χ2n) is 4.84. The standard InChI is InChI=1S/C14H19F3N2O2.ClH/c1-9(7-18)13(20)19-10(2)11-3-5-12(6-4-11)21-8-14(15,16)17;/h3-6,9-10H,7-8,18H2,1-2H3,(H,19,20);1H. The Balaban J connectivity index is 0.00000441. The Labute approximate surface area is 133 Å². The van der Waals surface area contributed by atoms with E-state index in [9.17, 15) is 18.0 Å². The van der Waals surface area contributed by atoms with Crippen LogP contribution in [0.1, 0.15) is 25.5 Å². The van der Waals surface area contributed by atoms with Crippen molar-refractivity contribution in [3.05, 3.63) is 29.8 Å². The Morgan fingerprint density at radius 1 is 1.27 bits per heavy atom. The van der Waals surface area contributed by atoms with Crippen LogP contribution in [-0.2, 0) is 4.79 Å². The minimum atomic E-state index is -4.36. The smallest absolute Gasteiger partial charge is 0.422 e. The Bertz CT molecular complexity index is 466. The van der Waals surface area contributed by atoms with E-state index < -0.39 is 12.8 Å². The van der Waals surface area contributed by atoms with E-state index in [0.29, 0.717) is 0 Å². The zero-order valence-electron chi connectivity index (χ0n) is 12.3. The number of rotatable bonds is 6. The monoisotopic (exact) mass is 340 g/mol. The fourth-order valence-electron chi connectivity index (χ4n) is 1.56. The molecule has 1 rings (SSSR count). The molecule has 1 aromatic carbocycles. The number of carbonyl (C=O) groups excluding carboxylic acids is 1. The van der Waals surface area contributed by atoms with Crippen LogP contribution in [0.25, 0.3) is 0 Å². The summed E-state index contributed by atoms with van der Waals surface area (Å²) >= 11 is 0. The minimum absolute atomic E-state index is 0. The summed E-state index contributed by atoms with van der Waals surface area (Å²) in [6.45, 7) is 2.43. The fraction of sp³-hybridized carbons (Fsp3) is 0.500. The van der Waals surface area contributed by atoms with Crippen LogP contribution in [0.4, 0.5) is 13.2 Å². The van der Waals surface area contributed by atoms with Gasteiger partial charge in [0, 0.05) is 12.5 Å². The molecule has 0 heterocycles. The summed E-state index contributed by atoms with van der Waals surface area (Å²) in [4.78, 5) is 11.7. The summed E-state index contributed by atoms with van der Waals surface area (Å²) in [6.07, 6.45) is -4.36. The lowest BCUT2D eigenvalue weighted by Gasteiger charge is -2.17. The van der Waals surface area contributed by atoms with Gasteiger partial charge in [0.25, 0.3) is 0 Å². The molecule has 0 aromatic heterocycles. The zero-order chi connectivity index (χ0) is 16.0.